The number of nitrogens with zero attached hydrogens (tertiary/aromatic N) is 1. The average molecular weight is 163 g/mol. The first-order chi connectivity index (χ1) is 5.77. The van der Waals surface area contributed by atoms with E-state index in [2.05, 4.69) is 4.89 Å². The molecule has 0 N–H and O–H groups in total. The number of benzene rings is 1. The molecule has 0 heterocycles. The fraction of sp³-hybridized carbons (Fsp3) is 0.222. The minimum atomic E-state index is 0.563. The van der Waals surface area contributed by atoms with Crippen LogP contribution in [0.5, 0.6) is 5.75 Å². The van der Waals surface area contributed by atoms with Gasteiger partial charge >= 0.3 is 0 Å². The molecule has 0 spiro atoms. The van der Waals surface area contributed by atoms with E-state index >= 15 is 0 Å². The number of hydrogen-bond donors (Lipinski definition) is 0. The van der Waals surface area contributed by atoms with Crippen LogP contribution >= 0.6 is 0 Å². The Balaban J connectivity index is 3.01. The molecule has 0 unspecified atom stereocenters. The van der Waals surface area contributed by atoms with Gasteiger partial charge in [0, 0.05) is 6.07 Å². The Morgan fingerprint density at radius 3 is 2.75 bits per heavy atom. The van der Waals surface area contributed by atoms with Crippen molar-refractivity contribution in [2.24, 2.45) is 0 Å². The van der Waals surface area contributed by atoms with E-state index in [4.69, 9.17) is 10.1 Å². The van der Waals surface area contributed by atoms with E-state index in [9.17, 15) is 0 Å². The fourth-order valence-corrected chi connectivity index (χ4v) is 0.849. The number of hydrogen-bond acceptors (Lipinski definition) is 3. The van der Waals surface area contributed by atoms with Gasteiger partial charge in [0.1, 0.15) is 0 Å². The van der Waals surface area contributed by atoms with E-state index in [1.165, 1.54) is 7.11 Å². The molecule has 1 rings (SSSR count). The SMILES string of the molecule is COOc1cc(C#N)ccc1C. The van der Waals surface area contributed by atoms with Crippen LogP contribution in [0.3, 0.4) is 0 Å². The molecule has 1 aromatic carbocycles. The van der Waals surface area contributed by atoms with Gasteiger partial charge in [0.25, 0.3) is 0 Å². The van der Waals surface area contributed by atoms with Gasteiger partial charge < -0.3 is 4.89 Å². The van der Waals surface area contributed by atoms with E-state index in [1.54, 1.807) is 12.1 Å². The summed E-state index contributed by atoms with van der Waals surface area (Å²) in [6.07, 6.45) is 0. The Hall–Kier alpha value is -1.53. The quantitative estimate of drug-likeness (QED) is 0.493. The highest BCUT2D eigenvalue weighted by Gasteiger charge is 2.00. The van der Waals surface area contributed by atoms with Crippen LogP contribution in [0.2, 0.25) is 0 Å². The summed E-state index contributed by atoms with van der Waals surface area (Å²) >= 11 is 0. The van der Waals surface area contributed by atoms with Gasteiger partial charge in [-0.2, -0.15) is 10.1 Å². The Kier molecular flexibility index (Phi) is 2.67. The largest absolute Gasteiger partial charge is 0.338 e. The molecule has 0 aromatic heterocycles. The van der Waals surface area contributed by atoms with E-state index in [0.29, 0.717) is 11.3 Å². The monoisotopic (exact) mass is 163 g/mol. The minimum absolute atomic E-state index is 0.563. The topological polar surface area (TPSA) is 42.2 Å². The lowest BCUT2D eigenvalue weighted by Gasteiger charge is -2.03. The van der Waals surface area contributed by atoms with E-state index < -0.39 is 0 Å². The van der Waals surface area contributed by atoms with Crippen LogP contribution < -0.4 is 4.89 Å². The predicted octanol–water partition coefficient (Wildman–Crippen LogP) is 1.81. The smallest absolute Gasteiger partial charge is 0.169 e. The van der Waals surface area contributed by atoms with Gasteiger partial charge in [0.15, 0.2) is 5.75 Å². The lowest BCUT2D eigenvalue weighted by molar-refractivity contribution is -0.178. The van der Waals surface area contributed by atoms with Crippen molar-refractivity contribution in [1.82, 2.24) is 0 Å². The van der Waals surface area contributed by atoms with Gasteiger partial charge in [0.2, 0.25) is 0 Å². The molecule has 62 valence electrons. The molecule has 0 atom stereocenters. The average Bonchev–Trinajstić information content (AvgIpc) is 2.09. The van der Waals surface area contributed by atoms with Gasteiger partial charge in [-0.05, 0) is 18.6 Å². The molecule has 3 heteroatoms. The molecule has 0 bridgehead atoms. The Morgan fingerprint density at radius 1 is 1.42 bits per heavy atom. The second-order valence-corrected chi connectivity index (χ2v) is 2.34. The van der Waals surface area contributed by atoms with Crippen molar-refractivity contribution in [1.29, 1.82) is 5.26 Å². The predicted molar refractivity (Wildman–Crippen MR) is 43.5 cm³/mol. The maximum absolute atomic E-state index is 8.57. The highest BCUT2D eigenvalue weighted by atomic mass is 17.2. The minimum Gasteiger partial charge on any atom is -0.338 e. The van der Waals surface area contributed by atoms with Crippen LogP contribution in [0.4, 0.5) is 0 Å². The normalized spacial score (nSPS) is 9.08. The van der Waals surface area contributed by atoms with Crippen LogP contribution in [-0.2, 0) is 4.89 Å². The Bertz CT molecular complexity index is 315. The van der Waals surface area contributed by atoms with Crippen LogP contribution in [0.25, 0.3) is 0 Å². The zero-order valence-electron chi connectivity index (χ0n) is 7.00. The van der Waals surface area contributed by atoms with Crippen molar-refractivity contribution in [2.75, 3.05) is 7.11 Å². The summed E-state index contributed by atoms with van der Waals surface area (Å²) in [5.41, 5.74) is 1.50. The van der Waals surface area contributed by atoms with Crippen molar-refractivity contribution >= 4 is 0 Å². The molecule has 3 nitrogen and oxygen atoms in total. The summed E-state index contributed by atoms with van der Waals surface area (Å²) in [4.78, 5) is 9.33. The van der Waals surface area contributed by atoms with Crippen LogP contribution in [0.1, 0.15) is 11.1 Å². The third-order valence-electron chi connectivity index (χ3n) is 1.49. The second kappa shape index (κ2) is 3.74. The second-order valence-electron chi connectivity index (χ2n) is 2.34. The number of aryl methyl sites for hydroxylation is 1. The summed E-state index contributed by atoms with van der Waals surface area (Å²) in [6.45, 7) is 1.88. The van der Waals surface area contributed by atoms with Gasteiger partial charge in [0.05, 0.1) is 18.7 Å². The van der Waals surface area contributed by atoms with E-state index in [1.807, 2.05) is 19.1 Å². The maximum atomic E-state index is 8.57. The summed E-state index contributed by atoms with van der Waals surface area (Å²) in [5, 5.41) is 8.57. The van der Waals surface area contributed by atoms with Crippen molar-refractivity contribution < 1.29 is 9.78 Å². The van der Waals surface area contributed by atoms with E-state index in [-0.39, 0.29) is 0 Å². The molecular formula is C9H9NO2. The van der Waals surface area contributed by atoms with E-state index in [0.717, 1.165) is 5.56 Å². The summed E-state index contributed by atoms with van der Waals surface area (Å²) in [5.74, 6) is 0.580. The molecule has 12 heavy (non-hydrogen) atoms. The van der Waals surface area contributed by atoms with Crippen molar-refractivity contribution in [3.63, 3.8) is 0 Å². The molecule has 0 radical (unpaired) electrons. The van der Waals surface area contributed by atoms with Crippen LogP contribution in [0.15, 0.2) is 18.2 Å². The molecule has 0 fully saturated rings. The van der Waals surface area contributed by atoms with Crippen molar-refractivity contribution in [2.45, 2.75) is 6.92 Å². The Labute approximate surface area is 71.1 Å². The number of nitriles is 1. The standard InChI is InChI=1S/C9H9NO2/c1-7-3-4-8(6-10)5-9(7)12-11-2/h3-5H,1-2H3. The third-order valence-corrected chi connectivity index (χ3v) is 1.49. The van der Waals surface area contributed by atoms with Gasteiger partial charge in [-0.25, -0.2) is 0 Å². The first kappa shape index (κ1) is 8.57. The maximum Gasteiger partial charge on any atom is 0.169 e. The highest BCUT2D eigenvalue weighted by molar-refractivity contribution is 5.41. The Morgan fingerprint density at radius 2 is 2.17 bits per heavy atom. The molecule has 0 saturated heterocycles. The highest BCUT2D eigenvalue weighted by Crippen LogP contribution is 2.18. The zero-order chi connectivity index (χ0) is 8.97. The van der Waals surface area contributed by atoms with Crippen LogP contribution in [0, 0.1) is 18.3 Å². The first-order valence-corrected chi connectivity index (χ1v) is 3.49. The third kappa shape index (κ3) is 1.74. The molecule has 0 saturated carbocycles. The molecule has 0 amide bonds. The van der Waals surface area contributed by atoms with Crippen molar-refractivity contribution in [3.8, 4) is 11.8 Å². The summed E-state index contributed by atoms with van der Waals surface area (Å²) in [7, 11) is 1.43. The summed E-state index contributed by atoms with van der Waals surface area (Å²) < 4.78 is 0. The molecule has 0 aliphatic heterocycles. The molecule has 0 aliphatic carbocycles. The molecular weight excluding hydrogens is 154 g/mol. The van der Waals surface area contributed by atoms with Gasteiger partial charge in [-0.1, -0.05) is 6.07 Å². The lowest BCUT2D eigenvalue weighted by Crippen LogP contribution is -1.93. The zero-order valence-corrected chi connectivity index (χ0v) is 7.00. The number of rotatable bonds is 2. The van der Waals surface area contributed by atoms with Gasteiger partial charge in [-0.15, -0.1) is 0 Å². The van der Waals surface area contributed by atoms with Crippen molar-refractivity contribution in [3.05, 3.63) is 29.3 Å². The summed E-state index contributed by atoms with van der Waals surface area (Å²) in [6, 6.07) is 7.20. The van der Waals surface area contributed by atoms with Gasteiger partial charge in [-0.3, -0.25) is 0 Å². The fourth-order valence-electron chi connectivity index (χ4n) is 0.849. The molecule has 1 aromatic rings. The first-order valence-electron chi connectivity index (χ1n) is 3.49. The van der Waals surface area contributed by atoms with Crippen LogP contribution in [-0.4, -0.2) is 7.11 Å². The molecule has 0 aliphatic rings. The lowest BCUT2D eigenvalue weighted by atomic mass is 10.1.